The lowest BCUT2D eigenvalue weighted by molar-refractivity contribution is -0.121. The van der Waals surface area contributed by atoms with E-state index in [-0.39, 0.29) is 36.2 Å². The van der Waals surface area contributed by atoms with E-state index in [1.165, 1.54) is 11.5 Å². The Kier molecular flexibility index (Phi) is 7.42. The molecular weight excluding hydrogens is 450 g/mol. The van der Waals surface area contributed by atoms with Crippen LogP contribution < -0.4 is 21.7 Å². The maximum Gasteiger partial charge on any atom is 0.262 e. The van der Waals surface area contributed by atoms with E-state index in [2.05, 4.69) is 31.3 Å². The van der Waals surface area contributed by atoms with Crippen LogP contribution in [0.4, 0.5) is 5.95 Å². The molecule has 2 amide bonds. The van der Waals surface area contributed by atoms with Crippen molar-refractivity contribution in [2.75, 3.05) is 5.43 Å². The molecule has 0 bridgehead atoms. The molecule has 11 heteroatoms. The number of aryl methyl sites for hydroxylation is 1. The molecule has 3 aromatic rings. The van der Waals surface area contributed by atoms with Crippen LogP contribution in [0.1, 0.15) is 70.5 Å². The zero-order valence-electron chi connectivity index (χ0n) is 20.1. The van der Waals surface area contributed by atoms with Crippen molar-refractivity contribution >= 4 is 28.7 Å². The van der Waals surface area contributed by atoms with Crippen LogP contribution >= 0.6 is 0 Å². The van der Waals surface area contributed by atoms with Crippen LogP contribution in [0, 0.1) is 0 Å². The quantitative estimate of drug-likeness (QED) is 0.329. The monoisotopic (exact) mass is 481 g/mol. The Morgan fingerprint density at radius 2 is 1.86 bits per heavy atom. The van der Waals surface area contributed by atoms with Gasteiger partial charge in [-0.25, -0.2) is 4.98 Å². The molecule has 1 saturated carbocycles. The highest BCUT2D eigenvalue weighted by molar-refractivity contribution is 5.80. The van der Waals surface area contributed by atoms with Crippen LogP contribution in [0.15, 0.2) is 33.6 Å². The molecule has 35 heavy (non-hydrogen) atoms. The van der Waals surface area contributed by atoms with Gasteiger partial charge in [0, 0.05) is 26.3 Å². The fourth-order valence-electron chi connectivity index (χ4n) is 4.59. The maximum absolute atomic E-state index is 12.7. The number of nitrogens with one attached hydrogen (secondary N) is 3. The van der Waals surface area contributed by atoms with Crippen molar-refractivity contribution in [3.05, 3.63) is 46.3 Å². The fraction of sp³-hybridized carbons (Fsp3) is 0.500. The van der Waals surface area contributed by atoms with E-state index in [1.54, 1.807) is 24.3 Å². The third-order valence-corrected chi connectivity index (χ3v) is 6.33. The third-order valence-electron chi connectivity index (χ3n) is 6.33. The molecule has 3 N–H and O–H groups in total. The van der Waals surface area contributed by atoms with Crippen molar-refractivity contribution < 1.29 is 14.1 Å². The number of rotatable bonds is 8. The number of anilines is 1. The van der Waals surface area contributed by atoms with Gasteiger partial charge < -0.3 is 9.84 Å². The summed E-state index contributed by atoms with van der Waals surface area (Å²) in [6.45, 7) is 3.73. The van der Waals surface area contributed by atoms with E-state index < -0.39 is 5.54 Å². The van der Waals surface area contributed by atoms with E-state index in [9.17, 15) is 14.4 Å². The number of carbonyl (C=O) groups excluding carboxylic acids is 2. The molecule has 0 saturated heterocycles. The summed E-state index contributed by atoms with van der Waals surface area (Å²) in [5.41, 5.74) is 5.09. The zero-order chi connectivity index (χ0) is 24.8. The lowest BCUT2D eigenvalue weighted by Gasteiger charge is -2.30. The topological polar surface area (TPSA) is 144 Å². The summed E-state index contributed by atoms with van der Waals surface area (Å²) >= 11 is 0. The summed E-state index contributed by atoms with van der Waals surface area (Å²) in [7, 11) is 0. The van der Waals surface area contributed by atoms with Crippen LogP contribution in [-0.4, -0.2) is 31.5 Å². The minimum absolute atomic E-state index is 0.0890. The first kappa shape index (κ1) is 24.4. The molecule has 2 aromatic heterocycles. The highest BCUT2D eigenvalue weighted by atomic mass is 16.5. The predicted octanol–water partition coefficient (Wildman–Crippen LogP) is 2.56. The van der Waals surface area contributed by atoms with Gasteiger partial charge in [0.1, 0.15) is 5.54 Å². The molecule has 186 valence electrons. The molecule has 0 radical (unpaired) electrons. The van der Waals surface area contributed by atoms with Crippen molar-refractivity contribution in [1.29, 1.82) is 0 Å². The first-order chi connectivity index (χ1) is 16.9. The van der Waals surface area contributed by atoms with Gasteiger partial charge in [-0.2, -0.15) is 4.98 Å². The fourth-order valence-corrected chi connectivity index (χ4v) is 4.59. The minimum atomic E-state index is -0.626. The number of hydrogen-bond acceptors (Lipinski definition) is 8. The largest absolute Gasteiger partial charge is 0.343 e. The average Bonchev–Trinajstić information content (AvgIpc) is 3.21. The number of benzene rings is 1. The van der Waals surface area contributed by atoms with E-state index in [0.717, 1.165) is 38.5 Å². The van der Waals surface area contributed by atoms with Crippen molar-refractivity contribution in [1.82, 2.24) is 30.4 Å². The zero-order valence-corrected chi connectivity index (χ0v) is 20.1. The number of fused-ring (bicyclic) bond motifs is 1. The Labute approximate surface area is 202 Å². The number of hydrogen-bond donors (Lipinski definition) is 3. The number of nitrogens with zero attached hydrogens (tertiary/aromatic N) is 4. The highest BCUT2D eigenvalue weighted by Crippen LogP contribution is 2.34. The Morgan fingerprint density at radius 1 is 1.11 bits per heavy atom. The summed E-state index contributed by atoms with van der Waals surface area (Å²) in [5, 5.41) is 7.71. The number of aromatic nitrogens is 4. The third kappa shape index (κ3) is 5.50. The molecule has 0 aliphatic heterocycles. The molecule has 1 aliphatic rings. The first-order valence-corrected chi connectivity index (χ1v) is 12.1. The van der Waals surface area contributed by atoms with Gasteiger partial charge in [-0.15, -0.1) is 0 Å². The van der Waals surface area contributed by atoms with Crippen molar-refractivity contribution in [3.63, 3.8) is 0 Å². The molecule has 0 spiro atoms. The Bertz CT molecular complexity index is 1260. The van der Waals surface area contributed by atoms with Crippen molar-refractivity contribution in [2.24, 2.45) is 0 Å². The molecule has 1 aromatic carbocycles. The number of amides is 2. The Hall–Kier alpha value is -3.76. The van der Waals surface area contributed by atoms with Crippen molar-refractivity contribution in [2.45, 2.75) is 77.3 Å². The maximum atomic E-state index is 12.7. The van der Waals surface area contributed by atoms with Crippen LogP contribution in [0.3, 0.4) is 0 Å². The van der Waals surface area contributed by atoms with E-state index in [1.807, 2.05) is 6.92 Å². The summed E-state index contributed by atoms with van der Waals surface area (Å²) in [5.74, 6) is 0.613. The van der Waals surface area contributed by atoms with Gasteiger partial charge in [-0.1, -0.05) is 43.0 Å². The van der Waals surface area contributed by atoms with Crippen LogP contribution in [0.25, 0.3) is 10.9 Å². The highest BCUT2D eigenvalue weighted by Gasteiger charge is 2.38. The van der Waals surface area contributed by atoms with Gasteiger partial charge in [0.25, 0.3) is 5.56 Å². The second-order valence-corrected chi connectivity index (χ2v) is 8.86. The van der Waals surface area contributed by atoms with Gasteiger partial charge in [-0.3, -0.25) is 29.8 Å². The lowest BCUT2D eigenvalue weighted by Crippen LogP contribution is -2.45. The summed E-state index contributed by atoms with van der Waals surface area (Å²) in [6, 6.07) is 7.07. The second kappa shape index (κ2) is 10.7. The Morgan fingerprint density at radius 3 is 2.57 bits per heavy atom. The van der Waals surface area contributed by atoms with Gasteiger partial charge in [0.2, 0.25) is 23.7 Å². The van der Waals surface area contributed by atoms with Gasteiger partial charge in [0.05, 0.1) is 10.9 Å². The lowest BCUT2D eigenvalue weighted by atomic mass is 9.89. The summed E-state index contributed by atoms with van der Waals surface area (Å²) < 4.78 is 6.87. The number of carbonyl (C=O) groups is 2. The van der Waals surface area contributed by atoms with E-state index in [0.29, 0.717) is 29.2 Å². The normalized spacial score (nSPS) is 15.4. The molecule has 0 unspecified atom stereocenters. The number of para-hydroxylation sites is 1. The summed E-state index contributed by atoms with van der Waals surface area (Å²) in [4.78, 5) is 46.0. The van der Waals surface area contributed by atoms with Gasteiger partial charge in [0.15, 0.2) is 5.82 Å². The average molecular weight is 482 g/mol. The molecular formula is C24H31N7O4. The van der Waals surface area contributed by atoms with Gasteiger partial charge >= 0.3 is 0 Å². The van der Waals surface area contributed by atoms with Crippen molar-refractivity contribution in [3.8, 4) is 0 Å². The molecule has 2 heterocycles. The Balaban J connectivity index is 1.39. The van der Waals surface area contributed by atoms with E-state index >= 15 is 0 Å². The van der Waals surface area contributed by atoms with Crippen LogP contribution in [-0.2, 0) is 28.1 Å². The minimum Gasteiger partial charge on any atom is -0.343 e. The number of hydrazine groups is 1. The molecule has 11 nitrogen and oxygen atoms in total. The second-order valence-electron chi connectivity index (χ2n) is 8.86. The van der Waals surface area contributed by atoms with Crippen LogP contribution in [0.2, 0.25) is 0 Å². The van der Waals surface area contributed by atoms with Gasteiger partial charge in [-0.05, 0) is 31.9 Å². The van der Waals surface area contributed by atoms with E-state index in [4.69, 9.17) is 4.52 Å². The molecule has 4 rings (SSSR count). The molecule has 1 fully saturated rings. The smallest absolute Gasteiger partial charge is 0.262 e. The summed E-state index contributed by atoms with van der Waals surface area (Å²) in [6.07, 6.45) is 6.01. The first-order valence-electron chi connectivity index (χ1n) is 12.1. The molecule has 1 aliphatic carbocycles. The molecule has 0 atom stereocenters. The van der Waals surface area contributed by atoms with Crippen LogP contribution in [0.5, 0.6) is 0 Å². The predicted molar refractivity (Wildman–Crippen MR) is 129 cm³/mol. The standard InChI is InChI=1S/C24H31N7O4/c1-3-31-21(34)17-10-6-7-11-18(17)25-23(31)29-28-19(33)12-13-20-26-22(30-35-20)24(27-16(2)32)14-8-4-5-9-15-24/h6-7,10-11H,3-5,8-9,12-15H2,1-2H3,(H,25,29)(H,27,32)(H,28,33). The SMILES string of the molecule is CCn1c(NNC(=O)CCc2nc(C3(NC(C)=O)CCCCCC3)no2)nc2ccccc2c1=O.